The summed E-state index contributed by atoms with van der Waals surface area (Å²) in [6.45, 7) is -0.215. The average Bonchev–Trinajstić information content (AvgIpc) is 2.75. The molecule has 0 fully saturated rings. The summed E-state index contributed by atoms with van der Waals surface area (Å²) in [6.07, 6.45) is 1.34. The van der Waals surface area contributed by atoms with Crippen LogP contribution in [0.3, 0.4) is 0 Å². The van der Waals surface area contributed by atoms with Crippen LogP contribution in [0.15, 0.2) is 90.0 Å². The number of hydrogen-bond acceptors (Lipinski definition) is 4. The molecule has 3 aromatic carbocycles. The van der Waals surface area contributed by atoms with Crippen molar-refractivity contribution < 1.29 is 14.7 Å². The average molecular weight is 387 g/mol. The van der Waals surface area contributed by atoms with Crippen molar-refractivity contribution in [2.24, 2.45) is 5.10 Å². The molecule has 0 bridgehead atoms. The molecule has 0 spiro atoms. The highest BCUT2D eigenvalue weighted by molar-refractivity contribution is 5.91. The highest BCUT2D eigenvalue weighted by Gasteiger charge is 2.22. The van der Waals surface area contributed by atoms with Crippen LogP contribution in [0.1, 0.15) is 22.6 Å². The summed E-state index contributed by atoms with van der Waals surface area (Å²) in [5, 5.41) is 16.1. The molecule has 0 saturated carbocycles. The first-order chi connectivity index (χ1) is 14.1. The Hall–Kier alpha value is -3.93. The molecule has 3 aromatic rings. The third kappa shape index (κ3) is 5.52. The summed E-state index contributed by atoms with van der Waals surface area (Å²) >= 11 is 0. The number of nitrogens with one attached hydrogen (secondary N) is 2. The monoisotopic (exact) mass is 387 g/mol. The molecule has 0 radical (unpaired) electrons. The molecule has 3 N–H and O–H groups in total. The maximum atomic E-state index is 12.8. The highest BCUT2D eigenvalue weighted by atomic mass is 16.3. The molecule has 146 valence electrons. The number of carbonyl (C=O) groups is 2. The van der Waals surface area contributed by atoms with E-state index >= 15 is 0 Å². The molecule has 6 heteroatoms. The number of phenols is 1. The summed E-state index contributed by atoms with van der Waals surface area (Å²) in [5.74, 6) is -1.20. The largest absolute Gasteiger partial charge is 0.507 e. The molecule has 0 aliphatic heterocycles. The van der Waals surface area contributed by atoms with E-state index in [1.165, 1.54) is 12.3 Å². The lowest BCUT2D eigenvalue weighted by atomic mass is 9.90. The van der Waals surface area contributed by atoms with Crippen molar-refractivity contribution in [2.75, 3.05) is 6.54 Å². The second kappa shape index (κ2) is 9.85. The van der Waals surface area contributed by atoms with Gasteiger partial charge in [-0.15, -0.1) is 0 Å². The predicted octanol–water partition coefficient (Wildman–Crippen LogP) is 2.79. The van der Waals surface area contributed by atoms with Crippen molar-refractivity contribution in [3.63, 3.8) is 0 Å². The zero-order valence-electron chi connectivity index (χ0n) is 15.7. The first-order valence-electron chi connectivity index (χ1n) is 9.12. The van der Waals surface area contributed by atoms with E-state index in [4.69, 9.17) is 0 Å². The van der Waals surface area contributed by atoms with E-state index in [0.717, 1.165) is 11.1 Å². The topological polar surface area (TPSA) is 90.8 Å². The first-order valence-corrected chi connectivity index (χ1v) is 9.12. The summed E-state index contributed by atoms with van der Waals surface area (Å²) in [6, 6.07) is 25.4. The summed E-state index contributed by atoms with van der Waals surface area (Å²) in [4.78, 5) is 24.8. The van der Waals surface area contributed by atoms with Crippen molar-refractivity contribution in [3.05, 3.63) is 102 Å². The standard InChI is InChI=1S/C23H21N3O3/c27-20-14-8-7-13-19(20)15-25-26-21(28)16-24-23(29)22(17-9-3-1-4-10-17)18-11-5-2-6-12-18/h1-15,22,27H,16H2,(H,24,29)(H,26,28)/b25-15-. The van der Waals surface area contributed by atoms with E-state index in [-0.39, 0.29) is 18.2 Å². The molecule has 29 heavy (non-hydrogen) atoms. The van der Waals surface area contributed by atoms with Gasteiger partial charge in [0.15, 0.2) is 0 Å². The molecular weight excluding hydrogens is 366 g/mol. The molecule has 0 aliphatic rings. The zero-order chi connectivity index (χ0) is 20.5. The quantitative estimate of drug-likeness (QED) is 0.430. The molecule has 0 aromatic heterocycles. The smallest absolute Gasteiger partial charge is 0.259 e. The zero-order valence-corrected chi connectivity index (χ0v) is 15.7. The Morgan fingerprint density at radius 2 is 1.41 bits per heavy atom. The predicted molar refractivity (Wildman–Crippen MR) is 112 cm³/mol. The Balaban J connectivity index is 1.61. The van der Waals surface area contributed by atoms with Crippen LogP contribution < -0.4 is 10.7 Å². The van der Waals surface area contributed by atoms with Crippen LogP contribution >= 0.6 is 0 Å². The third-order valence-corrected chi connectivity index (χ3v) is 4.28. The number of benzene rings is 3. The van der Waals surface area contributed by atoms with E-state index in [2.05, 4.69) is 15.8 Å². The van der Waals surface area contributed by atoms with Gasteiger partial charge in [0.25, 0.3) is 5.91 Å². The number of hydrazone groups is 1. The van der Waals surface area contributed by atoms with Crippen LogP contribution in [0.25, 0.3) is 0 Å². The fraction of sp³-hybridized carbons (Fsp3) is 0.0870. The number of nitrogens with zero attached hydrogens (tertiary/aromatic N) is 1. The molecule has 3 rings (SSSR count). The van der Waals surface area contributed by atoms with Gasteiger partial charge >= 0.3 is 0 Å². The second-order valence-electron chi connectivity index (χ2n) is 6.32. The number of para-hydroxylation sites is 1. The van der Waals surface area contributed by atoms with Crippen LogP contribution in [0.2, 0.25) is 0 Å². The Kier molecular flexibility index (Phi) is 6.73. The van der Waals surface area contributed by atoms with Gasteiger partial charge in [0.05, 0.1) is 18.7 Å². The molecule has 0 atom stereocenters. The van der Waals surface area contributed by atoms with Gasteiger partial charge < -0.3 is 10.4 Å². The van der Waals surface area contributed by atoms with Gasteiger partial charge in [-0.2, -0.15) is 5.10 Å². The summed E-state index contributed by atoms with van der Waals surface area (Å²) in [5.41, 5.74) is 4.50. The Labute approximate surface area is 168 Å². The molecule has 0 heterocycles. The number of aromatic hydroxyl groups is 1. The van der Waals surface area contributed by atoms with Crippen molar-refractivity contribution >= 4 is 18.0 Å². The Morgan fingerprint density at radius 1 is 0.862 bits per heavy atom. The van der Waals surface area contributed by atoms with E-state index in [9.17, 15) is 14.7 Å². The SMILES string of the molecule is O=C(CNC(=O)C(c1ccccc1)c1ccccc1)N/N=C\c1ccccc1O. The highest BCUT2D eigenvalue weighted by Crippen LogP contribution is 2.24. The Morgan fingerprint density at radius 3 is 2.00 bits per heavy atom. The van der Waals surface area contributed by atoms with Gasteiger partial charge in [-0.05, 0) is 23.3 Å². The van der Waals surface area contributed by atoms with Crippen molar-refractivity contribution in [1.29, 1.82) is 0 Å². The van der Waals surface area contributed by atoms with Crippen LogP contribution in [-0.4, -0.2) is 29.7 Å². The number of amides is 2. The van der Waals surface area contributed by atoms with Gasteiger partial charge in [0.2, 0.25) is 5.91 Å². The first kappa shape index (κ1) is 19.8. The maximum Gasteiger partial charge on any atom is 0.259 e. The van der Waals surface area contributed by atoms with Crippen molar-refractivity contribution in [2.45, 2.75) is 5.92 Å². The fourth-order valence-corrected chi connectivity index (χ4v) is 2.87. The molecular formula is C23H21N3O3. The van der Waals surface area contributed by atoms with Gasteiger partial charge in [-0.25, -0.2) is 5.43 Å². The maximum absolute atomic E-state index is 12.8. The van der Waals surface area contributed by atoms with Gasteiger partial charge in [-0.1, -0.05) is 72.8 Å². The summed E-state index contributed by atoms with van der Waals surface area (Å²) < 4.78 is 0. The van der Waals surface area contributed by atoms with E-state index < -0.39 is 11.8 Å². The third-order valence-electron chi connectivity index (χ3n) is 4.28. The molecule has 0 saturated heterocycles. The molecule has 0 aliphatic carbocycles. The second-order valence-corrected chi connectivity index (χ2v) is 6.32. The fourth-order valence-electron chi connectivity index (χ4n) is 2.87. The van der Waals surface area contributed by atoms with Gasteiger partial charge in [0.1, 0.15) is 5.75 Å². The van der Waals surface area contributed by atoms with Crippen molar-refractivity contribution in [1.82, 2.24) is 10.7 Å². The minimum absolute atomic E-state index is 0.0624. The number of hydrogen-bond donors (Lipinski definition) is 3. The normalized spacial score (nSPS) is 10.8. The molecule has 6 nitrogen and oxygen atoms in total. The van der Waals surface area contributed by atoms with Gasteiger partial charge in [-0.3, -0.25) is 9.59 Å². The van der Waals surface area contributed by atoms with E-state index in [1.54, 1.807) is 18.2 Å². The van der Waals surface area contributed by atoms with Crippen LogP contribution in [0, 0.1) is 0 Å². The van der Waals surface area contributed by atoms with Crippen LogP contribution in [-0.2, 0) is 9.59 Å². The van der Waals surface area contributed by atoms with Crippen LogP contribution in [0.5, 0.6) is 5.75 Å². The number of phenolic OH excluding ortho intramolecular Hbond substituents is 1. The minimum atomic E-state index is -0.519. The lowest BCUT2D eigenvalue weighted by Gasteiger charge is -2.17. The lowest BCUT2D eigenvalue weighted by molar-refractivity contribution is -0.126. The molecule has 0 unspecified atom stereocenters. The van der Waals surface area contributed by atoms with E-state index in [0.29, 0.717) is 5.56 Å². The van der Waals surface area contributed by atoms with Crippen molar-refractivity contribution in [3.8, 4) is 5.75 Å². The number of rotatable bonds is 7. The van der Waals surface area contributed by atoms with Crippen LogP contribution in [0.4, 0.5) is 0 Å². The number of carbonyl (C=O) groups excluding carboxylic acids is 2. The van der Waals surface area contributed by atoms with Gasteiger partial charge in [0, 0.05) is 5.56 Å². The lowest BCUT2D eigenvalue weighted by Crippen LogP contribution is -2.37. The minimum Gasteiger partial charge on any atom is -0.507 e. The van der Waals surface area contributed by atoms with E-state index in [1.807, 2.05) is 60.7 Å². The molecule has 2 amide bonds. The Bertz CT molecular complexity index is 949. The summed E-state index contributed by atoms with van der Waals surface area (Å²) in [7, 11) is 0.